The van der Waals surface area contributed by atoms with E-state index < -0.39 is 0 Å². The Bertz CT molecular complexity index is 6090. The Labute approximate surface area is 556 Å². The van der Waals surface area contributed by atoms with Gasteiger partial charge < -0.3 is 18.6 Å². The number of anilines is 2. The molecule has 0 N–H and O–H groups in total. The van der Waals surface area contributed by atoms with Gasteiger partial charge in [0.2, 0.25) is 0 Å². The van der Waals surface area contributed by atoms with Crippen molar-refractivity contribution in [2.24, 2.45) is 0 Å². The van der Waals surface area contributed by atoms with Crippen LogP contribution >= 0.6 is 0 Å². The van der Waals surface area contributed by atoms with Gasteiger partial charge in [0.1, 0.15) is 0 Å². The van der Waals surface area contributed by atoms with E-state index in [1.165, 1.54) is 154 Å². The smallest absolute Gasteiger partial charge is 0.0635 e. The second-order valence-electron chi connectivity index (χ2n) is 25.5. The molecule has 15 aromatic carbocycles. The molecule has 96 heavy (non-hydrogen) atoms. The Morgan fingerprint density at radius 1 is 0.240 bits per heavy atom. The number of para-hydroxylation sites is 6. The van der Waals surface area contributed by atoms with Crippen molar-refractivity contribution in [1.82, 2.24) is 13.7 Å². The number of nitrogens with zero attached hydrogens (tertiary/aromatic N) is 4. The molecule has 4 nitrogen and oxygen atoms in total. The maximum atomic E-state index is 2.55. The highest BCUT2D eigenvalue weighted by Crippen LogP contribution is 2.50. The first kappa shape index (κ1) is 55.2. The van der Waals surface area contributed by atoms with Gasteiger partial charge in [-0.2, -0.15) is 0 Å². The fraction of sp³-hybridized carbons (Fsp3) is 0.0217. The van der Waals surface area contributed by atoms with Crippen LogP contribution in [0.15, 0.2) is 364 Å². The van der Waals surface area contributed by atoms with E-state index in [1.807, 2.05) is 0 Å². The molecule has 0 fully saturated rings. The normalized spacial score (nSPS) is 14.2. The molecule has 2 aliphatic rings. The second-order valence-corrected chi connectivity index (χ2v) is 25.5. The van der Waals surface area contributed by atoms with E-state index in [2.05, 4.69) is 383 Å². The third-order valence-electron chi connectivity index (χ3n) is 20.2. The largest absolute Gasteiger partial charge is 0.333 e. The van der Waals surface area contributed by atoms with E-state index in [0.717, 1.165) is 11.4 Å². The molecule has 0 amide bonds. The van der Waals surface area contributed by atoms with Crippen molar-refractivity contribution >= 4 is 104 Å². The van der Waals surface area contributed by atoms with Crippen LogP contribution in [-0.4, -0.2) is 19.7 Å². The quantitative estimate of drug-likeness (QED) is 0.148. The molecule has 2 unspecified atom stereocenters. The fourth-order valence-corrected chi connectivity index (χ4v) is 15.8. The molecule has 3 aromatic heterocycles. The zero-order valence-electron chi connectivity index (χ0n) is 52.6. The van der Waals surface area contributed by atoms with Crippen molar-refractivity contribution in [2.45, 2.75) is 12.0 Å². The highest BCUT2D eigenvalue weighted by molar-refractivity contribution is 6.12. The first-order valence-corrected chi connectivity index (χ1v) is 33.3. The highest BCUT2D eigenvalue weighted by Gasteiger charge is 2.38. The van der Waals surface area contributed by atoms with Crippen molar-refractivity contribution in [3.63, 3.8) is 0 Å². The van der Waals surface area contributed by atoms with Crippen molar-refractivity contribution in [3.8, 4) is 50.4 Å². The molecule has 4 heterocycles. The highest BCUT2D eigenvalue weighted by atomic mass is 15.2. The summed E-state index contributed by atoms with van der Waals surface area (Å²) in [6.45, 7) is 0. The topological polar surface area (TPSA) is 18.0 Å². The average molecular weight is 1220 g/mol. The van der Waals surface area contributed by atoms with Crippen LogP contribution < -0.4 is 4.90 Å². The SMILES string of the molecule is C1=CC2c3ccccc3N(c3cccc(-c4cccc5ccccc45)c3)C2C=C1c1cccc(-n2c3ccccc3c3ccccc32)c1.c1cc(-c2ccc3c4ccccc4n(-c4cccc(-c5ccc6ccccc6c5)c4)c3c2)cc(-n2c3ccccc3c3ccccc32)c1. The van der Waals surface area contributed by atoms with E-state index in [0.29, 0.717) is 0 Å². The Balaban J connectivity index is 0.000000135. The van der Waals surface area contributed by atoms with Crippen molar-refractivity contribution < 1.29 is 0 Å². The number of rotatable bonds is 8. The molecule has 18 aromatic rings. The van der Waals surface area contributed by atoms with Gasteiger partial charge in [-0.1, -0.05) is 267 Å². The molecule has 0 spiro atoms. The minimum absolute atomic E-state index is 0.169. The third-order valence-corrected chi connectivity index (χ3v) is 20.2. The molecule has 1 aliphatic carbocycles. The third kappa shape index (κ3) is 9.13. The van der Waals surface area contributed by atoms with Gasteiger partial charge in [-0.15, -0.1) is 0 Å². The number of hydrogen-bond donors (Lipinski definition) is 0. The number of fused-ring (bicyclic) bond motifs is 14. The molecule has 0 saturated carbocycles. The van der Waals surface area contributed by atoms with Gasteiger partial charge in [-0.05, 0) is 169 Å². The van der Waals surface area contributed by atoms with Gasteiger partial charge in [0.05, 0.1) is 39.1 Å². The average Bonchev–Trinajstić information content (AvgIpc) is 1.64. The van der Waals surface area contributed by atoms with Crippen LogP contribution in [0, 0.1) is 0 Å². The van der Waals surface area contributed by atoms with E-state index in [-0.39, 0.29) is 12.0 Å². The number of benzene rings is 15. The number of aromatic nitrogens is 3. The van der Waals surface area contributed by atoms with Gasteiger partial charge in [0, 0.05) is 66.7 Å². The summed E-state index contributed by atoms with van der Waals surface area (Å²) in [4.78, 5) is 2.55. The fourth-order valence-electron chi connectivity index (χ4n) is 15.8. The summed E-state index contributed by atoms with van der Waals surface area (Å²) in [6, 6.07) is 126. The maximum absolute atomic E-state index is 2.55. The van der Waals surface area contributed by atoms with E-state index in [1.54, 1.807) is 0 Å². The number of allylic oxidation sites excluding steroid dienone is 2. The summed E-state index contributed by atoms with van der Waals surface area (Å²) in [5.74, 6) is 0.284. The first-order chi connectivity index (χ1) is 47.6. The summed E-state index contributed by atoms with van der Waals surface area (Å²) < 4.78 is 7.22. The molecule has 0 bridgehead atoms. The summed E-state index contributed by atoms with van der Waals surface area (Å²) in [5, 5.41) is 12.7. The molecule has 4 heteroatoms. The van der Waals surface area contributed by atoms with Gasteiger partial charge >= 0.3 is 0 Å². The van der Waals surface area contributed by atoms with Crippen LogP contribution in [0.1, 0.15) is 17.0 Å². The van der Waals surface area contributed by atoms with Gasteiger partial charge in [0.15, 0.2) is 0 Å². The van der Waals surface area contributed by atoms with Gasteiger partial charge in [-0.3, -0.25) is 0 Å². The molecule has 2 atom stereocenters. The predicted octanol–water partition coefficient (Wildman–Crippen LogP) is 24.2. The van der Waals surface area contributed by atoms with Crippen LogP contribution in [0.3, 0.4) is 0 Å². The minimum Gasteiger partial charge on any atom is -0.333 e. The minimum atomic E-state index is 0.169. The molecule has 1 aliphatic heterocycles. The standard InChI is InChI=1S/C46H32N2.C46H30N2/c1-2-18-37-31(12-1)13-11-22-38(37)34-15-10-17-36(29-34)48-45-25-8-5-21-41(45)42-27-26-33(30-46(42)48)32-14-9-16-35(28-32)47-43-23-6-3-19-39(43)40-20-4-7-24-44(40)47;1-2-12-32-27-35(24-23-31(32)11-1)33-13-9-16-38(28-33)48-45-22-8-5-19-41(45)42-26-25-36(30-46(42)48)34-14-10-15-37(29-34)47-43-20-6-3-17-39(43)40-18-4-7-21-44(40)47/h1-30,42,46H;1-30H. The molecular formula is C92H62N4. The Hall–Kier alpha value is -12.5. The summed E-state index contributed by atoms with van der Waals surface area (Å²) >= 11 is 0. The molecule has 0 radical (unpaired) electrons. The van der Waals surface area contributed by atoms with Crippen molar-refractivity contribution in [3.05, 3.63) is 375 Å². The van der Waals surface area contributed by atoms with Crippen LogP contribution in [0.4, 0.5) is 11.4 Å². The van der Waals surface area contributed by atoms with Crippen LogP contribution in [0.25, 0.3) is 143 Å². The number of hydrogen-bond acceptors (Lipinski definition) is 1. The lowest BCUT2D eigenvalue weighted by Crippen LogP contribution is -2.29. The maximum Gasteiger partial charge on any atom is 0.0635 e. The first-order valence-electron chi connectivity index (χ1n) is 33.3. The molecule has 20 rings (SSSR count). The molecule has 0 saturated heterocycles. The van der Waals surface area contributed by atoms with Crippen molar-refractivity contribution in [2.75, 3.05) is 4.90 Å². The molecule has 450 valence electrons. The van der Waals surface area contributed by atoms with Crippen LogP contribution in [0.5, 0.6) is 0 Å². The predicted molar refractivity (Wildman–Crippen MR) is 406 cm³/mol. The zero-order valence-corrected chi connectivity index (χ0v) is 52.6. The summed E-state index contributed by atoms with van der Waals surface area (Å²) in [5.41, 5.74) is 24.5. The monoisotopic (exact) mass is 1220 g/mol. The Morgan fingerprint density at radius 3 is 1.25 bits per heavy atom. The second kappa shape index (κ2) is 22.7. The van der Waals surface area contributed by atoms with Gasteiger partial charge in [-0.25, -0.2) is 0 Å². The van der Waals surface area contributed by atoms with Gasteiger partial charge in [0.25, 0.3) is 0 Å². The van der Waals surface area contributed by atoms with E-state index in [9.17, 15) is 0 Å². The van der Waals surface area contributed by atoms with Crippen molar-refractivity contribution in [1.29, 1.82) is 0 Å². The molecular weight excluding hydrogens is 1160 g/mol. The Morgan fingerprint density at radius 2 is 0.646 bits per heavy atom. The van der Waals surface area contributed by atoms with Crippen LogP contribution in [-0.2, 0) is 0 Å². The lowest BCUT2D eigenvalue weighted by Gasteiger charge is -2.30. The summed E-state index contributed by atoms with van der Waals surface area (Å²) in [7, 11) is 0. The zero-order chi connectivity index (χ0) is 63.2. The van der Waals surface area contributed by atoms with E-state index in [4.69, 9.17) is 0 Å². The lowest BCUT2D eigenvalue weighted by molar-refractivity contribution is 0.747. The Kier molecular flexibility index (Phi) is 13.0. The summed E-state index contributed by atoms with van der Waals surface area (Å²) in [6.07, 6.45) is 7.24. The van der Waals surface area contributed by atoms with Crippen LogP contribution in [0.2, 0.25) is 0 Å². The lowest BCUT2D eigenvalue weighted by atomic mass is 9.86. The van der Waals surface area contributed by atoms with E-state index >= 15 is 0 Å².